The summed E-state index contributed by atoms with van der Waals surface area (Å²) in [6, 6.07) is 4.05. The fraction of sp³-hybridized carbons (Fsp3) is 0.125. The van der Waals surface area contributed by atoms with E-state index >= 15 is 0 Å². The summed E-state index contributed by atoms with van der Waals surface area (Å²) in [5.41, 5.74) is 5.64. The number of rotatable bonds is 2. The summed E-state index contributed by atoms with van der Waals surface area (Å²) in [6.07, 6.45) is 0.0940. The summed E-state index contributed by atoms with van der Waals surface area (Å²) in [5, 5.41) is 29.4. The third-order valence-electron chi connectivity index (χ3n) is 1.56. The molecule has 0 aliphatic heterocycles. The van der Waals surface area contributed by atoms with Crippen LogP contribution in [0.1, 0.15) is 5.56 Å². The molecule has 5 nitrogen and oxygen atoms in total. The van der Waals surface area contributed by atoms with E-state index < -0.39 is 0 Å². The van der Waals surface area contributed by atoms with Gasteiger partial charge in [0.05, 0.1) is 0 Å². The van der Waals surface area contributed by atoms with Crippen molar-refractivity contribution in [1.82, 2.24) is 0 Å². The normalized spacial score (nSPS) is 11.5. The first kappa shape index (κ1) is 9.18. The van der Waals surface area contributed by atoms with Gasteiger partial charge >= 0.3 is 0 Å². The molecule has 0 aliphatic carbocycles. The number of phenolic OH excluding ortho intramolecular Hbond substituents is 2. The van der Waals surface area contributed by atoms with Crippen LogP contribution in [0, 0.1) is 0 Å². The van der Waals surface area contributed by atoms with Crippen LogP contribution >= 0.6 is 0 Å². The minimum atomic E-state index is -0.0269. The molecule has 5 N–H and O–H groups in total. The first-order chi connectivity index (χ1) is 6.13. The molecule has 0 bridgehead atoms. The van der Waals surface area contributed by atoms with E-state index in [0.717, 1.165) is 0 Å². The Hall–Kier alpha value is -1.91. The zero-order chi connectivity index (χ0) is 9.84. The molecule has 0 spiro atoms. The highest BCUT2D eigenvalue weighted by Crippen LogP contribution is 2.22. The quantitative estimate of drug-likeness (QED) is 0.175. The van der Waals surface area contributed by atoms with Crippen LogP contribution < -0.4 is 5.73 Å². The molecule has 1 aromatic rings. The second kappa shape index (κ2) is 3.66. The van der Waals surface area contributed by atoms with Crippen LogP contribution in [0.4, 0.5) is 0 Å². The van der Waals surface area contributed by atoms with Crippen LogP contribution in [0.25, 0.3) is 0 Å². The minimum absolute atomic E-state index is 0.00407. The topological polar surface area (TPSA) is 99.1 Å². The van der Waals surface area contributed by atoms with Gasteiger partial charge in [-0.3, -0.25) is 0 Å². The number of nitrogens with two attached hydrogens (primary N) is 1. The maximum Gasteiger partial charge on any atom is 0.143 e. The second-order valence-corrected chi connectivity index (χ2v) is 2.58. The summed E-state index contributed by atoms with van der Waals surface area (Å²) in [7, 11) is 0. The number of amidine groups is 1. The van der Waals surface area contributed by atoms with E-state index in [4.69, 9.17) is 16.0 Å². The van der Waals surface area contributed by atoms with E-state index in [1.165, 1.54) is 18.2 Å². The zero-order valence-corrected chi connectivity index (χ0v) is 6.81. The maximum atomic E-state index is 9.28. The largest absolute Gasteiger partial charge is 0.508 e. The van der Waals surface area contributed by atoms with Gasteiger partial charge in [0.15, 0.2) is 0 Å². The molecule has 1 rings (SSSR count). The number of nitrogens with zero attached hydrogens (tertiary/aromatic N) is 1. The highest BCUT2D eigenvalue weighted by molar-refractivity contribution is 5.82. The minimum Gasteiger partial charge on any atom is -0.508 e. The number of hydrogen-bond acceptors (Lipinski definition) is 4. The van der Waals surface area contributed by atoms with Gasteiger partial charge in [-0.05, 0) is 18.2 Å². The van der Waals surface area contributed by atoms with Gasteiger partial charge in [-0.1, -0.05) is 5.16 Å². The van der Waals surface area contributed by atoms with E-state index in [-0.39, 0.29) is 23.8 Å². The summed E-state index contributed by atoms with van der Waals surface area (Å²) in [4.78, 5) is 0. The van der Waals surface area contributed by atoms with Crippen LogP contribution in [0.5, 0.6) is 11.5 Å². The summed E-state index contributed by atoms with van der Waals surface area (Å²) >= 11 is 0. The van der Waals surface area contributed by atoms with E-state index in [2.05, 4.69) is 5.16 Å². The number of oxime groups is 1. The lowest BCUT2D eigenvalue weighted by Crippen LogP contribution is -2.14. The van der Waals surface area contributed by atoms with E-state index in [9.17, 15) is 5.11 Å². The highest BCUT2D eigenvalue weighted by atomic mass is 16.4. The van der Waals surface area contributed by atoms with Crippen molar-refractivity contribution >= 4 is 5.84 Å². The molecular weight excluding hydrogens is 172 g/mol. The average molecular weight is 182 g/mol. The Kier molecular flexibility index (Phi) is 2.59. The average Bonchev–Trinajstić information content (AvgIpc) is 2.11. The van der Waals surface area contributed by atoms with Crippen molar-refractivity contribution < 1.29 is 15.4 Å². The molecule has 0 atom stereocenters. The third kappa shape index (κ3) is 2.26. The van der Waals surface area contributed by atoms with Crippen molar-refractivity contribution in [3.05, 3.63) is 23.8 Å². The monoisotopic (exact) mass is 182 g/mol. The highest BCUT2D eigenvalue weighted by Gasteiger charge is 2.04. The lowest BCUT2D eigenvalue weighted by atomic mass is 10.1. The maximum absolute atomic E-state index is 9.28. The Morgan fingerprint density at radius 2 is 2.08 bits per heavy atom. The molecule has 13 heavy (non-hydrogen) atoms. The van der Waals surface area contributed by atoms with Gasteiger partial charge in [-0.2, -0.15) is 0 Å². The molecule has 0 aromatic heterocycles. The number of phenols is 2. The van der Waals surface area contributed by atoms with E-state index in [1.54, 1.807) is 0 Å². The van der Waals surface area contributed by atoms with Crippen LogP contribution in [0.15, 0.2) is 23.4 Å². The lowest BCUT2D eigenvalue weighted by Gasteiger charge is -2.03. The Morgan fingerprint density at radius 3 is 2.69 bits per heavy atom. The summed E-state index contributed by atoms with van der Waals surface area (Å²) in [5.74, 6) is 0.00356. The van der Waals surface area contributed by atoms with Crippen LogP contribution in [0.3, 0.4) is 0 Å². The number of benzene rings is 1. The van der Waals surface area contributed by atoms with Crippen molar-refractivity contribution in [2.24, 2.45) is 10.9 Å². The Balaban J connectivity index is 2.94. The van der Waals surface area contributed by atoms with Crippen molar-refractivity contribution in [3.63, 3.8) is 0 Å². The van der Waals surface area contributed by atoms with Gasteiger partial charge in [-0.25, -0.2) is 0 Å². The van der Waals surface area contributed by atoms with Crippen molar-refractivity contribution in [3.8, 4) is 11.5 Å². The predicted octanol–water partition coefficient (Wildman–Crippen LogP) is 0.387. The number of aromatic hydroxyl groups is 2. The molecular formula is C8H10N2O3. The fourth-order valence-corrected chi connectivity index (χ4v) is 0.944. The van der Waals surface area contributed by atoms with Crippen molar-refractivity contribution in [1.29, 1.82) is 0 Å². The Labute approximate surface area is 74.7 Å². The zero-order valence-electron chi connectivity index (χ0n) is 6.81. The van der Waals surface area contributed by atoms with Gasteiger partial charge < -0.3 is 21.2 Å². The first-order valence-corrected chi connectivity index (χ1v) is 3.60. The van der Waals surface area contributed by atoms with Crippen LogP contribution in [-0.2, 0) is 6.42 Å². The molecule has 0 heterocycles. The van der Waals surface area contributed by atoms with Crippen LogP contribution in [-0.4, -0.2) is 21.3 Å². The molecule has 0 aliphatic rings. The fourth-order valence-electron chi connectivity index (χ4n) is 0.944. The van der Waals surface area contributed by atoms with Gasteiger partial charge in [0.2, 0.25) is 0 Å². The van der Waals surface area contributed by atoms with Gasteiger partial charge in [0.1, 0.15) is 17.3 Å². The lowest BCUT2D eigenvalue weighted by molar-refractivity contribution is 0.317. The summed E-state index contributed by atoms with van der Waals surface area (Å²) in [6.45, 7) is 0. The molecule has 5 heteroatoms. The Morgan fingerprint density at radius 1 is 1.38 bits per heavy atom. The molecule has 0 radical (unpaired) electrons. The van der Waals surface area contributed by atoms with E-state index in [0.29, 0.717) is 5.56 Å². The molecule has 70 valence electrons. The molecule has 0 amide bonds. The molecule has 0 saturated carbocycles. The van der Waals surface area contributed by atoms with E-state index in [1.807, 2.05) is 0 Å². The summed E-state index contributed by atoms with van der Waals surface area (Å²) < 4.78 is 0. The molecule has 0 fully saturated rings. The number of hydrogen-bond donors (Lipinski definition) is 4. The van der Waals surface area contributed by atoms with Crippen molar-refractivity contribution in [2.75, 3.05) is 0 Å². The smallest absolute Gasteiger partial charge is 0.143 e. The molecule has 0 unspecified atom stereocenters. The molecule has 1 aromatic carbocycles. The van der Waals surface area contributed by atoms with Gasteiger partial charge in [0, 0.05) is 12.0 Å². The molecule has 0 saturated heterocycles. The standard InChI is InChI=1S/C8H10N2O3/c9-8(10-13)4-5-3-6(11)1-2-7(5)12/h1-3,11-13H,4H2,(H2,9,10). The van der Waals surface area contributed by atoms with Crippen LogP contribution in [0.2, 0.25) is 0 Å². The Bertz CT molecular complexity index is 336. The third-order valence-corrected chi connectivity index (χ3v) is 1.56. The van der Waals surface area contributed by atoms with Gasteiger partial charge in [-0.15, -0.1) is 0 Å². The predicted molar refractivity (Wildman–Crippen MR) is 46.9 cm³/mol. The first-order valence-electron chi connectivity index (χ1n) is 3.60. The van der Waals surface area contributed by atoms with Gasteiger partial charge in [0.25, 0.3) is 0 Å². The van der Waals surface area contributed by atoms with Crippen molar-refractivity contribution in [2.45, 2.75) is 6.42 Å². The second-order valence-electron chi connectivity index (χ2n) is 2.58. The SMILES string of the molecule is NC(Cc1cc(O)ccc1O)=NO.